The van der Waals surface area contributed by atoms with Gasteiger partial charge in [-0.2, -0.15) is 8.78 Å². The second kappa shape index (κ2) is 13.1. The predicted octanol–water partition coefficient (Wildman–Crippen LogP) is 5.67. The van der Waals surface area contributed by atoms with Gasteiger partial charge in [-0.05, 0) is 55.7 Å². The highest BCUT2D eigenvalue weighted by Crippen LogP contribution is 2.34. The van der Waals surface area contributed by atoms with Gasteiger partial charge in [0, 0.05) is 17.8 Å². The molecule has 1 saturated heterocycles. The summed E-state index contributed by atoms with van der Waals surface area (Å²) in [5, 5.41) is 10.6. The van der Waals surface area contributed by atoms with Crippen LogP contribution in [0, 0.1) is 5.92 Å². The van der Waals surface area contributed by atoms with Gasteiger partial charge in [-0.25, -0.2) is 4.79 Å². The molecule has 1 aliphatic rings. The van der Waals surface area contributed by atoms with Crippen molar-refractivity contribution in [2.24, 2.45) is 5.92 Å². The number of carbonyl (C=O) groups is 2. The fourth-order valence-corrected chi connectivity index (χ4v) is 5.42. The Morgan fingerprint density at radius 1 is 1.19 bits per heavy atom. The molecule has 1 aromatic carbocycles. The Morgan fingerprint density at radius 3 is 2.67 bits per heavy atom. The summed E-state index contributed by atoms with van der Waals surface area (Å²) in [5.74, 6) is -4.98. The minimum absolute atomic E-state index is 0.00840. The minimum Gasteiger partial charge on any atom is -0.465 e. The molecule has 2 heterocycles. The van der Waals surface area contributed by atoms with Crippen LogP contribution in [0.1, 0.15) is 59.1 Å². The molecule has 0 aliphatic carbocycles. The van der Waals surface area contributed by atoms with Gasteiger partial charge in [0.2, 0.25) is 0 Å². The second-order valence-electron chi connectivity index (χ2n) is 9.42. The lowest BCUT2D eigenvalue weighted by molar-refractivity contribution is -0.148. The van der Waals surface area contributed by atoms with Crippen LogP contribution in [0.25, 0.3) is 0 Å². The van der Waals surface area contributed by atoms with Crippen LogP contribution in [0.15, 0.2) is 54.6 Å². The van der Waals surface area contributed by atoms with Crippen molar-refractivity contribution in [1.29, 1.82) is 0 Å². The third-order valence-corrected chi connectivity index (χ3v) is 7.77. The summed E-state index contributed by atoms with van der Waals surface area (Å²) >= 11 is 1.30. The highest BCUT2D eigenvalue weighted by Gasteiger charge is 2.52. The van der Waals surface area contributed by atoms with Gasteiger partial charge in [0.25, 0.3) is 5.91 Å². The number of aliphatic hydroxyl groups is 1. The maximum Gasteiger partial charge on any atom is 0.348 e. The van der Waals surface area contributed by atoms with E-state index in [4.69, 9.17) is 4.74 Å². The van der Waals surface area contributed by atoms with Crippen LogP contribution in [0.3, 0.4) is 0 Å². The van der Waals surface area contributed by atoms with Gasteiger partial charge in [0.15, 0.2) is 0 Å². The summed E-state index contributed by atoms with van der Waals surface area (Å²) in [6.07, 6.45) is 6.66. The monoisotopic (exact) mass is 519 g/mol. The van der Waals surface area contributed by atoms with E-state index in [0.29, 0.717) is 17.7 Å². The number of methoxy groups -OCH3 is 1. The van der Waals surface area contributed by atoms with Crippen LogP contribution in [-0.2, 0) is 22.4 Å². The third kappa shape index (κ3) is 7.71. The average Bonchev–Trinajstić information content (AvgIpc) is 3.43. The smallest absolute Gasteiger partial charge is 0.348 e. The van der Waals surface area contributed by atoms with E-state index in [1.54, 1.807) is 18.2 Å². The largest absolute Gasteiger partial charge is 0.465 e. The van der Waals surface area contributed by atoms with Crippen LogP contribution in [0.5, 0.6) is 0 Å². The van der Waals surface area contributed by atoms with Gasteiger partial charge in [-0.1, -0.05) is 55.8 Å². The number of thiophene rings is 1. The average molecular weight is 520 g/mol. The number of ether oxygens (including phenoxy) is 1. The van der Waals surface area contributed by atoms with Crippen molar-refractivity contribution in [2.75, 3.05) is 13.7 Å². The number of alkyl halides is 2. The summed E-state index contributed by atoms with van der Waals surface area (Å²) in [6.45, 7) is 2.13. The summed E-state index contributed by atoms with van der Waals surface area (Å²) in [4.78, 5) is 26.5. The fraction of sp³-hybridized carbons (Fsp3) is 0.500. The van der Waals surface area contributed by atoms with E-state index in [-0.39, 0.29) is 12.5 Å². The lowest BCUT2D eigenvalue weighted by atomic mass is 9.95. The molecule has 36 heavy (non-hydrogen) atoms. The van der Waals surface area contributed by atoms with E-state index in [1.807, 2.05) is 31.2 Å². The van der Waals surface area contributed by atoms with E-state index >= 15 is 0 Å². The summed E-state index contributed by atoms with van der Waals surface area (Å²) in [5.41, 5.74) is 1.29. The first-order valence-corrected chi connectivity index (χ1v) is 13.3. The number of halogens is 2. The van der Waals surface area contributed by atoms with E-state index < -0.39 is 36.4 Å². The number of nitrogens with zero attached hydrogens (tertiary/aromatic N) is 1. The minimum atomic E-state index is -3.40. The first kappa shape index (κ1) is 28.0. The topological polar surface area (TPSA) is 66.8 Å². The molecule has 0 saturated carbocycles. The number of amides is 1. The molecule has 0 bridgehead atoms. The van der Waals surface area contributed by atoms with Crippen molar-refractivity contribution in [3.05, 3.63) is 69.9 Å². The number of benzene rings is 1. The van der Waals surface area contributed by atoms with E-state index in [0.717, 1.165) is 30.6 Å². The SMILES string of the molecule is COC(=O)c1ccc(CCCN2C(=O)C(F)(F)C[C@@H]2/C=C/C(O)[C@@H](C)CCCCc2ccccc2)s1. The predicted molar refractivity (Wildman–Crippen MR) is 137 cm³/mol. The Hall–Kier alpha value is -2.58. The Bertz CT molecular complexity index is 1020. The van der Waals surface area contributed by atoms with Gasteiger partial charge >= 0.3 is 11.9 Å². The first-order valence-electron chi connectivity index (χ1n) is 12.5. The maximum atomic E-state index is 14.2. The van der Waals surface area contributed by atoms with Crippen molar-refractivity contribution >= 4 is 23.2 Å². The molecule has 8 heteroatoms. The number of hydrogen-bond acceptors (Lipinski definition) is 5. The summed E-state index contributed by atoms with van der Waals surface area (Å²) < 4.78 is 33.1. The first-order chi connectivity index (χ1) is 17.2. The molecule has 1 unspecified atom stereocenters. The molecule has 3 atom stereocenters. The lowest BCUT2D eigenvalue weighted by Crippen LogP contribution is -2.36. The highest BCUT2D eigenvalue weighted by atomic mass is 32.1. The Balaban J connectivity index is 1.48. The zero-order chi connectivity index (χ0) is 26.1. The van der Waals surface area contributed by atoms with Crippen molar-refractivity contribution in [3.8, 4) is 0 Å². The van der Waals surface area contributed by atoms with Gasteiger partial charge in [0.05, 0.1) is 19.3 Å². The number of rotatable bonds is 13. The van der Waals surface area contributed by atoms with Crippen LogP contribution in [-0.4, -0.2) is 53.6 Å². The zero-order valence-corrected chi connectivity index (χ0v) is 21.7. The zero-order valence-electron chi connectivity index (χ0n) is 20.9. The van der Waals surface area contributed by atoms with Gasteiger partial charge in [0.1, 0.15) is 4.88 Å². The molecule has 5 nitrogen and oxygen atoms in total. The number of aliphatic hydroxyl groups excluding tert-OH is 1. The molecule has 3 rings (SSSR count). The maximum absolute atomic E-state index is 14.2. The van der Waals surface area contributed by atoms with Crippen molar-refractivity contribution in [1.82, 2.24) is 4.90 Å². The molecule has 1 amide bonds. The lowest BCUT2D eigenvalue weighted by Gasteiger charge is -2.22. The standard InChI is InChI=1S/C28H35F2NO4S/c1-20(9-6-7-12-21-10-4-3-5-11-21)24(32)16-14-22-19-28(29,30)27(34)31(22)18-8-13-23-15-17-25(36-23)26(33)35-2/h3-5,10-11,14-17,20,22,24,32H,6-9,12-13,18-19H2,1-2H3/b16-14+/t20-,22-,24?/m0/s1. The molecular formula is C28H35F2NO4S. The molecule has 0 spiro atoms. The van der Waals surface area contributed by atoms with Crippen molar-refractivity contribution in [3.63, 3.8) is 0 Å². The molecule has 2 aromatic rings. The molecule has 1 aliphatic heterocycles. The summed E-state index contributed by atoms with van der Waals surface area (Å²) in [7, 11) is 1.32. The van der Waals surface area contributed by atoms with Crippen molar-refractivity contribution in [2.45, 2.75) is 69.9 Å². The molecular weight excluding hydrogens is 484 g/mol. The Labute approximate surface area is 215 Å². The number of carbonyl (C=O) groups excluding carboxylic acids is 2. The highest BCUT2D eigenvalue weighted by molar-refractivity contribution is 7.13. The van der Waals surface area contributed by atoms with E-state index in [1.165, 1.54) is 28.9 Å². The number of likely N-dealkylation sites (tertiary alicyclic amines) is 1. The molecule has 196 valence electrons. The molecule has 1 aromatic heterocycles. The van der Waals surface area contributed by atoms with Crippen molar-refractivity contribution < 1.29 is 28.2 Å². The van der Waals surface area contributed by atoms with Gasteiger partial charge < -0.3 is 14.7 Å². The number of unbranched alkanes of at least 4 members (excludes halogenated alkanes) is 1. The summed E-state index contributed by atoms with van der Waals surface area (Å²) in [6, 6.07) is 13.0. The van der Waals surface area contributed by atoms with Crippen LogP contribution in [0.2, 0.25) is 0 Å². The molecule has 0 radical (unpaired) electrons. The van der Waals surface area contributed by atoms with Crippen LogP contribution >= 0.6 is 11.3 Å². The normalized spacial score (nSPS) is 19.1. The second-order valence-corrected chi connectivity index (χ2v) is 10.6. The van der Waals surface area contributed by atoms with Crippen LogP contribution in [0.4, 0.5) is 8.78 Å². The number of esters is 1. The van der Waals surface area contributed by atoms with Crippen LogP contribution < -0.4 is 0 Å². The number of aryl methyl sites for hydroxylation is 2. The van der Waals surface area contributed by atoms with Gasteiger partial charge in [-0.3, -0.25) is 4.79 Å². The van der Waals surface area contributed by atoms with E-state index in [9.17, 15) is 23.5 Å². The fourth-order valence-electron chi connectivity index (χ4n) is 4.45. The van der Waals surface area contributed by atoms with E-state index in [2.05, 4.69) is 12.1 Å². The quantitative estimate of drug-likeness (QED) is 0.210. The molecule has 1 N–H and O–H groups in total. The Morgan fingerprint density at radius 2 is 1.94 bits per heavy atom. The third-order valence-electron chi connectivity index (χ3n) is 6.64. The number of hydrogen-bond donors (Lipinski definition) is 1. The van der Waals surface area contributed by atoms with Gasteiger partial charge in [-0.15, -0.1) is 11.3 Å². The molecule has 1 fully saturated rings. The Kier molecular flexibility index (Phi) is 10.2.